The van der Waals surface area contributed by atoms with Crippen LogP contribution < -0.4 is 10.2 Å². The summed E-state index contributed by atoms with van der Waals surface area (Å²) in [5, 5.41) is 14.2. The molecule has 0 fully saturated rings. The van der Waals surface area contributed by atoms with Gasteiger partial charge in [-0.2, -0.15) is 18.4 Å². The maximum atomic E-state index is 13.2. The molecule has 2 heterocycles. The van der Waals surface area contributed by atoms with Gasteiger partial charge in [-0.25, -0.2) is 0 Å². The molecule has 1 aromatic heterocycles. The second-order valence-electron chi connectivity index (χ2n) is 7.84. The quantitative estimate of drug-likeness (QED) is 0.325. The summed E-state index contributed by atoms with van der Waals surface area (Å²) in [5.74, 6) is -0.160. The Morgan fingerprint density at radius 2 is 1.74 bits per heavy atom. The number of nitrogens with one attached hydrogen (secondary N) is 1. The Morgan fingerprint density at radius 1 is 1.00 bits per heavy atom. The first-order valence-corrected chi connectivity index (χ1v) is 10.9. The lowest BCUT2D eigenvalue weighted by Gasteiger charge is -2.37. The minimum absolute atomic E-state index is 0.134. The van der Waals surface area contributed by atoms with E-state index in [-0.39, 0.29) is 27.7 Å². The van der Waals surface area contributed by atoms with Crippen LogP contribution in [0.3, 0.4) is 0 Å². The molecule has 1 amide bonds. The van der Waals surface area contributed by atoms with Crippen LogP contribution in [0, 0.1) is 11.3 Å². The van der Waals surface area contributed by atoms with Crippen molar-refractivity contribution in [1.29, 1.82) is 5.26 Å². The fraction of sp³-hybridized carbons (Fsp3) is 0.0769. The standard InChI is InChI=1S/C26H16F3N3O2S/c27-26(28,29)17-8-3-7-16(13-17)21-11-12-22(34-21)23-31-24(33)19(14-30)25(35)32(23)20-10-4-6-15-5-1-2-9-18(15)20/h1-13,23,35H,(H,31,33). The molecule has 5 rings (SSSR count). The van der Waals surface area contributed by atoms with Crippen LogP contribution in [0.1, 0.15) is 17.5 Å². The van der Waals surface area contributed by atoms with Crippen molar-refractivity contribution >= 4 is 35.0 Å². The molecule has 0 aliphatic carbocycles. The van der Waals surface area contributed by atoms with E-state index in [0.29, 0.717) is 5.69 Å². The molecule has 4 aromatic rings. The summed E-state index contributed by atoms with van der Waals surface area (Å²) in [4.78, 5) is 14.3. The van der Waals surface area contributed by atoms with Crippen molar-refractivity contribution in [3.8, 4) is 17.4 Å². The summed E-state index contributed by atoms with van der Waals surface area (Å²) >= 11 is 4.51. The van der Waals surface area contributed by atoms with Gasteiger partial charge in [0.25, 0.3) is 5.91 Å². The highest BCUT2D eigenvalue weighted by atomic mass is 32.1. The number of carbonyl (C=O) groups excluding carboxylic acids is 1. The maximum absolute atomic E-state index is 13.2. The Hall–Kier alpha value is -4.16. The summed E-state index contributed by atoms with van der Waals surface area (Å²) in [6.07, 6.45) is -5.38. The van der Waals surface area contributed by atoms with E-state index >= 15 is 0 Å². The number of benzene rings is 3. The van der Waals surface area contributed by atoms with Crippen LogP contribution in [-0.4, -0.2) is 5.91 Å². The second-order valence-corrected chi connectivity index (χ2v) is 8.26. The number of hydrogen-bond donors (Lipinski definition) is 2. The van der Waals surface area contributed by atoms with E-state index in [1.807, 2.05) is 48.5 Å². The number of alkyl halides is 3. The Kier molecular flexibility index (Phi) is 5.53. The fourth-order valence-electron chi connectivity index (χ4n) is 4.08. The molecule has 3 aromatic carbocycles. The van der Waals surface area contributed by atoms with Gasteiger partial charge >= 0.3 is 6.18 Å². The second kappa shape index (κ2) is 8.56. The van der Waals surface area contributed by atoms with Gasteiger partial charge in [-0.3, -0.25) is 4.79 Å². The number of carbonyl (C=O) groups is 1. The van der Waals surface area contributed by atoms with Crippen molar-refractivity contribution in [3.05, 3.63) is 101 Å². The molecule has 1 unspecified atom stereocenters. The third-order valence-electron chi connectivity index (χ3n) is 5.71. The van der Waals surface area contributed by atoms with Crippen LogP contribution >= 0.6 is 12.6 Å². The van der Waals surface area contributed by atoms with Gasteiger partial charge in [0.2, 0.25) is 0 Å². The number of halogens is 3. The highest BCUT2D eigenvalue weighted by Crippen LogP contribution is 2.41. The van der Waals surface area contributed by atoms with Crippen molar-refractivity contribution < 1.29 is 22.4 Å². The van der Waals surface area contributed by atoms with E-state index < -0.39 is 23.8 Å². The van der Waals surface area contributed by atoms with Gasteiger partial charge in [0.05, 0.1) is 16.3 Å². The molecular weight excluding hydrogens is 475 g/mol. The first-order chi connectivity index (χ1) is 16.8. The van der Waals surface area contributed by atoms with Crippen LogP contribution in [0.2, 0.25) is 0 Å². The number of fused-ring (bicyclic) bond motifs is 1. The van der Waals surface area contributed by atoms with Crippen LogP contribution in [0.15, 0.2) is 93.9 Å². The minimum Gasteiger partial charge on any atom is -0.457 e. The number of thiol groups is 1. The van der Waals surface area contributed by atoms with Gasteiger partial charge in [-0.15, -0.1) is 12.6 Å². The molecule has 0 saturated carbocycles. The SMILES string of the molecule is N#CC1=C(S)N(c2cccc3ccccc23)C(c2ccc(-c3cccc(C(F)(F)F)c3)o2)NC1=O. The van der Waals surface area contributed by atoms with Crippen LogP contribution in [-0.2, 0) is 11.0 Å². The molecule has 35 heavy (non-hydrogen) atoms. The van der Waals surface area contributed by atoms with E-state index in [9.17, 15) is 23.2 Å². The van der Waals surface area contributed by atoms with E-state index in [1.165, 1.54) is 12.1 Å². The number of amides is 1. The van der Waals surface area contributed by atoms with Gasteiger partial charge in [-0.1, -0.05) is 48.5 Å². The molecule has 1 aliphatic rings. The highest BCUT2D eigenvalue weighted by molar-refractivity contribution is 7.84. The topological polar surface area (TPSA) is 69.3 Å². The lowest BCUT2D eigenvalue weighted by atomic mass is 10.1. The predicted octanol–water partition coefficient (Wildman–Crippen LogP) is 6.42. The Labute approximate surface area is 203 Å². The summed E-state index contributed by atoms with van der Waals surface area (Å²) in [6.45, 7) is 0. The summed E-state index contributed by atoms with van der Waals surface area (Å²) < 4.78 is 45.5. The number of nitrogens with zero attached hydrogens (tertiary/aromatic N) is 2. The zero-order valence-electron chi connectivity index (χ0n) is 17.9. The van der Waals surface area contributed by atoms with Crippen LogP contribution in [0.25, 0.3) is 22.1 Å². The summed E-state index contributed by atoms with van der Waals surface area (Å²) in [5.41, 5.74) is -0.0511. The normalized spacial score (nSPS) is 16.4. The molecule has 0 saturated heterocycles. The Bertz CT molecular complexity index is 1530. The lowest BCUT2D eigenvalue weighted by Crippen LogP contribution is -2.46. The van der Waals surface area contributed by atoms with Crippen LogP contribution in [0.5, 0.6) is 0 Å². The van der Waals surface area contributed by atoms with Crippen molar-refractivity contribution in [1.82, 2.24) is 5.32 Å². The molecular formula is C26H16F3N3O2S. The molecule has 1 N–H and O–H groups in total. The molecule has 1 atom stereocenters. The molecule has 174 valence electrons. The largest absolute Gasteiger partial charge is 0.457 e. The Morgan fingerprint density at radius 3 is 2.51 bits per heavy atom. The van der Waals surface area contributed by atoms with Crippen molar-refractivity contribution in [2.24, 2.45) is 0 Å². The lowest BCUT2D eigenvalue weighted by molar-refractivity contribution is -0.137. The van der Waals surface area contributed by atoms with Gasteiger partial charge in [0.1, 0.15) is 23.2 Å². The average Bonchev–Trinajstić information content (AvgIpc) is 3.34. The minimum atomic E-state index is -4.49. The molecule has 0 spiro atoms. The van der Waals surface area contributed by atoms with Gasteiger partial charge in [0.15, 0.2) is 6.17 Å². The smallest absolute Gasteiger partial charge is 0.416 e. The van der Waals surface area contributed by atoms with Crippen molar-refractivity contribution in [3.63, 3.8) is 0 Å². The van der Waals surface area contributed by atoms with E-state index in [2.05, 4.69) is 17.9 Å². The van der Waals surface area contributed by atoms with E-state index in [4.69, 9.17) is 4.42 Å². The number of rotatable bonds is 3. The summed E-state index contributed by atoms with van der Waals surface area (Å²) in [6, 6.07) is 23.0. The summed E-state index contributed by atoms with van der Waals surface area (Å²) in [7, 11) is 0. The van der Waals surface area contributed by atoms with Crippen molar-refractivity contribution in [2.45, 2.75) is 12.3 Å². The number of anilines is 1. The zero-order valence-corrected chi connectivity index (χ0v) is 18.8. The third kappa shape index (κ3) is 4.02. The fourth-order valence-corrected chi connectivity index (χ4v) is 4.45. The van der Waals surface area contributed by atoms with Crippen molar-refractivity contribution in [2.75, 3.05) is 4.90 Å². The number of furan rings is 1. The monoisotopic (exact) mass is 491 g/mol. The maximum Gasteiger partial charge on any atom is 0.416 e. The molecule has 0 bridgehead atoms. The highest BCUT2D eigenvalue weighted by Gasteiger charge is 2.36. The third-order valence-corrected chi connectivity index (χ3v) is 6.15. The van der Waals surface area contributed by atoms with E-state index in [1.54, 1.807) is 17.0 Å². The molecule has 5 nitrogen and oxygen atoms in total. The molecule has 1 aliphatic heterocycles. The molecule has 0 radical (unpaired) electrons. The number of nitriles is 1. The first-order valence-electron chi connectivity index (χ1n) is 10.5. The van der Waals surface area contributed by atoms with E-state index in [0.717, 1.165) is 22.9 Å². The van der Waals surface area contributed by atoms with Gasteiger partial charge in [0, 0.05) is 10.9 Å². The number of hydrogen-bond acceptors (Lipinski definition) is 5. The van der Waals surface area contributed by atoms with Crippen LogP contribution in [0.4, 0.5) is 18.9 Å². The first kappa shape index (κ1) is 22.6. The molecule has 9 heteroatoms. The Balaban J connectivity index is 1.63. The van der Waals surface area contributed by atoms with Gasteiger partial charge in [-0.05, 0) is 35.7 Å². The zero-order chi connectivity index (χ0) is 24.7. The average molecular weight is 491 g/mol. The van der Waals surface area contributed by atoms with Gasteiger partial charge < -0.3 is 14.6 Å². The predicted molar refractivity (Wildman–Crippen MR) is 128 cm³/mol.